The number of ether oxygens (including phenoxy) is 1. The molecule has 0 atom stereocenters. The molecule has 1 N–H and O–H groups in total. The Labute approximate surface area is 109 Å². The van der Waals surface area contributed by atoms with Crippen LogP contribution in [0, 0.1) is 5.92 Å². The van der Waals surface area contributed by atoms with Gasteiger partial charge in [-0.2, -0.15) is 0 Å². The van der Waals surface area contributed by atoms with Gasteiger partial charge >= 0.3 is 5.97 Å². The van der Waals surface area contributed by atoms with Gasteiger partial charge in [0.15, 0.2) is 0 Å². The van der Waals surface area contributed by atoms with Crippen LogP contribution in [0.5, 0.6) is 5.75 Å². The van der Waals surface area contributed by atoms with Crippen LogP contribution >= 0.6 is 15.9 Å². The van der Waals surface area contributed by atoms with Crippen molar-refractivity contribution >= 4 is 21.9 Å². The SMILES string of the molecule is O=C(O)c1cc(Br)ccc1OCCC1CCC1. The summed E-state index contributed by atoms with van der Waals surface area (Å²) in [7, 11) is 0. The Hall–Kier alpha value is -1.03. The molecule has 0 aromatic heterocycles. The molecule has 0 saturated heterocycles. The van der Waals surface area contributed by atoms with Crippen molar-refractivity contribution in [2.45, 2.75) is 25.7 Å². The summed E-state index contributed by atoms with van der Waals surface area (Å²) < 4.78 is 6.31. The largest absolute Gasteiger partial charge is 0.493 e. The molecule has 1 aromatic carbocycles. The van der Waals surface area contributed by atoms with Gasteiger partial charge in [0, 0.05) is 4.47 Å². The summed E-state index contributed by atoms with van der Waals surface area (Å²) in [5, 5.41) is 9.06. The Bertz CT molecular complexity index is 413. The first-order chi connectivity index (χ1) is 8.16. The highest BCUT2D eigenvalue weighted by Gasteiger charge is 2.18. The van der Waals surface area contributed by atoms with Crippen LogP contribution in [0.4, 0.5) is 0 Å². The Morgan fingerprint density at radius 3 is 2.82 bits per heavy atom. The molecular formula is C13H15BrO3. The van der Waals surface area contributed by atoms with Gasteiger partial charge in [-0.1, -0.05) is 35.2 Å². The molecule has 92 valence electrons. The maximum absolute atomic E-state index is 11.0. The lowest BCUT2D eigenvalue weighted by Gasteiger charge is -2.25. The van der Waals surface area contributed by atoms with E-state index in [2.05, 4.69) is 15.9 Å². The normalized spacial score (nSPS) is 15.4. The number of halogens is 1. The van der Waals surface area contributed by atoms with Crippen LogP contribution in [-0.4, -0.2) is 17.7 Å². The van der Waals surface area contributed by atoms with Gasteiger partial charge in [-0.3, -0.25) is 0 Å². The second kappa shape index (κ2) is 5.54. The lowest BCUT2D eigenvalue weighted by Crippen LogP contribution is -2.15. The van der Waals surface area contributed by atoms with Gasteiger partial charge in [-0.05, 0) is 30.5 Å². The number of rotatable bonds is 5. The first-order valence-corrected chi connectivity index (χ1v) is 6.62. The predicted octanol–water partition coefficient (Wildman–Crippen LogP) is 3.72. The fraction of sp³-hybridized carbons (Fsp3) is 0.462. The minimum absolute atomic E-state index is 0.216. The van der Waals surface area contributed by atoms with Crippen LogP contribution in [0.3, 0.4) is 0 Å². The summed E-state index contributed by atoms with van der Waals surface area (Å²) in [5.74, 6) is 0.281. The van der Waals surface area contributed by atoms with E-state index in [-0.39, 0.29) is 5.56 Å². The third kappa shape index (κ3) is 3.22. The molecule has 3 nitrogen and oxygen atoms in total. The molecular weight excluding hydrogens is 284 g/mol. The molecule has 1 fully saturated rings. The van der Waals surface area contributed by atoms with Gasteiger partial charge in [0.05, 0.1) is 6.61 Å². The van der Waals surface area contributed by atoms with Crippen LogP contribution in [0.2, 0.25) is 0 Å². The van der Waals surface area contributed by atoms with E-state index in [1.54, 1.807) is 18.2 Å². The lowest BCUT2D eigenvalue weighted by atomic mass is 9.83. The zero-order chi connectivity index (χ0) is 12.3. The summed E-state index contributed by atoms with van der Waals surface area (Å²) in [5.41, 5.74) is 0.216. The summed E-state index contributed by atoms with van der Waals surface area (Å²) >= 11 is 3.26. The van der Waals surface area contributed by atoms with E-state index in [9.17, 15) is 4.79 Å². The van der Waals surface area contributed by atoms with Gasteiger partial charge in [0.1, 0.15) is 11.3 Å². The first-order valence-electron chi connectivity index (χ1n) is 5.82. The average molecular weight is 299 g/mol. The Kier molecular flexibility index (Phi) is 4.05. The minimum Gasteiger partial charge on any atom is -0.493 e. The molecule has 1 aliphatic carbocycles. The number of carboxylic acids is 1. The summed E-state index contributed by atoms with van der Waals surface area (Å²) in [6.45, 7) is 0.604. The highest BCUT2D eigenvalue weighted by Crippen LogP contribution is 2.30. The lowest BCUT2D eigenvalue weighted by molar-refractivity contribution is 0.0691. The van der Waals surface area contributed by atoms with Crippen molar-refractivity contribution in [1.82, 2.24) is 0 Å². The van der Waals surface area contributed by atoms with Gasteiger partial charge in [-0.25, -0.2) is 4.79 Å². The third-order valence-corrected chi connectivity index (χ3v) is 3.67. The van der Waals surface area contributed by atoms with E-state index in [1.165, 1.54) is 19.3 Å². The number of carbonyl (C=O) groups is 1. The molecule has 0 radical (unpaired) electrons. The molecule has 4 heteroatoms. The van der Waals surface area contributed by atoms with Gasteiger partial charge < -0.3 is 9.84 Å². The van der Waals surface area contributed by atoms with Crippen LogP contribution in [0.25, 0.3) is 0 Å². The molecule has 1 aliphatic rings. The van der Waals surface area contributed by atoms with Crippen molar-refractivity contribution < 1.29 is 14.6 Å². The molecule has 0 amide bonds. The maximum atomic E-state index is 11.0. The smallest absolute Gasteiger partial charge is 0.339 e. The van der Waals surface area contributed by atoms with Gasteiger partial charge in [-0.15, -0.1) is 0 Å². The summed E-state index contributed by atoms with van der Waals surface area (Å²) in [6.07, 6.45) is 4.92. The first kappa shape index (κ1) is 12.4. The predicted molar refractivity (Wildman–Crippen MR) is 68.6 cm³/mol. The molecule has 0 aliphatic heterocycles. The van der Waals surface area contributed by atoms with Crippen LogP contribution < -0.4 is 4.74 Å². The van der Waals surface area contributed by atoms with Gasteiger partial charge in [0.2, 0.25) is 0 Å². The van der Waals surface area contributed by atoms with Crippen LogP contribution in [0.1, 0.15) is 36.0 Å². The molecule has 0 spiro atoms. The Morgan fingerprint density at radius 1 is 1.47 bits per heavy atom. The third-order valence-electron chi connectivity index (χ3n) is 3.18. The highest BCUT2D eigenvalue weighted by atomic mass is 79.9. The topological polar surface area (TPSA) is 46.5 Å². The van der Waals surface area contributed by atoms with Crippen LogP contribution in [0.15, 0.2) is 22.7 Å². The molecule has 2 rings (SSSR count). The zero-order valence-electron chi connectivity index (χ0n) is 9.49. The van der Waals surface area contributed by atoms with Gasteiger partial charge in [0.25, 0.3) is 0 Å². The second-order valence-electron chi connectivity index (χ2n) is 4.38. The van der Waals surface area contributed by atoms with Crippen molar-refractivity contribution in [2.75, 3.05) is 6.61 Å². The van der Waals surface area contributed by atoms with E-state index >= 15 is 0 Å². The maximum Gasteiger partial charge on any atom is 0.339 e. The molecule has 1 saturated carbocycles. The minimum atomic E-state index is -0.954. The van der Waals surface area contributed by atoms with Crippen molar-refractivity contribution in [3.05, 3.63) is 28.2 Å². The summed E-state index contributed by atoms with van der Waals surface area (Å²) in [6, 6.07) is 5.07. The number of hydrogen-bond acceptors (Lipinski definition) is 2. The van der Waals surface area contributed by atoms with E-state index in [4.69, 9.17) is 9.84 Å². The molecule has 0 heterocycles. The van der Waals surface area contributed by atoms with Crippen LogP contribution in [-0.2, 0) is 0 Å². The van der Waals surface area contributed by atoms with Crippen molar-refractivity contribution in [3.63, 3.8) is 0 Å². The van der Waals surface area contributed by atoms with Crippen molar-refractivity contribution in [3.8, 4) is 5.75 Å². The highest BCUT2D eigenvalue weighted by molar-refractivity contribution is 9.10. The van der Waals surface area contributed by atoms with Crippen molar-refractivity contribution in [1.29, 1.82) is 0 Å². The zero-order valence-corrected chi connectivity index (χ0v) is 11.1. The Morgan fingerprint density at radius 2 is 2.24 bits per heavy atom. The number of hydrogen-bond donors (Lipinski definition) is 1. The monoisotopic (exact) mass is 298 g/mol. The number of carboxylic acid groups (broad SMARTS) is 1. The number of benzene rings is 1. The molecule has 17 heavy (non-hydrogen) atoms. The van der Waals surface area contributed by atoms with E-state index < -0.39 is 5.97 Å². The fourth-order valence-electron chi connectivity index (χ4n) is 1.91. The standard InChI is InChI=1S/C13H15BrO3/c14-10-4-5-12(11(8-10)13(15)16)17-7-6-9-2-1-3-9/h4-5,8-9H,1-3,6-7H2,(H,15,16). The van der Waals surface area contributed by atoms with E-state index in [0.717, 1.165) is 16.8 Å². The number of aromatic carboxylic acids is 1. The Balaban J connectivity index is 1.96. The second-order valence-corrected chi connectivity index (χ2v) is 5.30. The molecule has 1 aromatic rings. The quantitative estimate of drug-likeness (QED) is 0.901. The van der Waals surface area contributed by atoms with E-state index in [1.807, 2.05) is 0 Å². The average Bonchev–Trinajstić information content (AvgIpc) is 2.23. The molecule has 0 unspecified atom stereocenters. The molecule has 0 bridgehead atoms. The summed E-state index contributed by atoms with van der Waals surface area (Å²) in [4.78, 5) is 11.0. The van der Waals surface area contributed by atoms with E-state index in [0.29, 0.717) is 12.4 Å². The fourth-order valence-corrected chi connectivity index (χ4v) is 2.27. The van der Waals surface area contributed by atoms with Crippen molar-refractivity contribution in [2.24, 2.45) is 5.92 Å².